The van der Waals surface area contributed by atoms with Gasteiger partial charge in [0.1, 0.15) is 11.9 Å². The van der Waals surface area contributed by atoms with E-state index in [0.29, 0.717) is 31.9 Å². The molecule has 1 aromatic rings. The van der Waals surface area contributed by atoms with Crippen LogP contribution in [0.25, 0.3) is 0 Å². The van der Waals surface area contributed by atoms with E-state index in [9.17, 15) is 9.18 Å². The van der Waals surface area contributed by atoms with Crippen LogP contribution in [-0.2, 0) is 9.53 Å². The topological polar surface area (TPSA) is 70.8 Å². The summed E-state index contributed by atoms with van der Waals surface area (Å²) in [5, 5.41) is 0. The third kappa shape index (κ3) is 3.69. The molecular weight excluding hydrogens is 275 g/mol. The third-order valence-corrected chi connectivity index (χ3v) is 3.72. The fourth-order valence-corrected chi connectivity index (χ4v) is 2.58. The first kappa shape index (κ1) is 15.7. The van der Waals surface area contributed by atoms with Gasteiger partial charge in [0.25, 0.3) is 5.91 Å². The van der Waals surface area contributed by atoms with E-state index in [-0.39, 0.29) is 18.3 Å². The Morgan fingerprint density at radius 3 is 2.62 bits per heavy atom. The van der Waals surface area contributed by atoms with Crippen LogP contribution in [0.4, 0.5) is 10.1 Å². The van der Waals surface area contributed by atoms with E-state index in [4.69, 9.17) is 10.6 Å². The molecular formula is C14H21FN4O2. The molecule has 0 saturated carbocycles. The lowest BCUT2D eigenvalue weighted by Gasteiger charge is -2.39. The highest BCUT2D eigenvalue weighted by molar-refractivity contribution is 5.81. The SMILES string of the molecule is COCC(C(=O)NN)N1CCN(c2ccccc2F)CC1. The molecule has 0 bridgehead atoms. The van der Waals surface area contributed by atoms with E-state index >= 15 is 0 Å². The van der Waals surface area contributed by atoms with Crippen LogP contribution in [0, 0.1) is 5.82 Å². The Morgan fingerprint density at radius 1 is 1.38 bits per heavy atom. The molecule has 0 spiro atoms. The van der Waals surface area contributed by atoms with Crippen molar-refractivity contribution in [1.29, 1.82) is 0 Å². The van der Waals surface area contributed by atoms with Gasteiger partial charge in [-0.05, 0) is 12.1 Å². The number of hydrazine groups is 1. The lowest BCUT2D eigenvalue weighted by molar-refractivity contribution is -0.128. The van der Waals surface area contributed by atoms with Gasteiger partial charge < -0.3 is 9.64 Å². The van der Waals surface area contributed by atoms with Crippen molar-refractivity contribution in [2.45, 2.75) is 6.04 Å². The Balaban J connectivity index is 1.99. The number of rotatable bonds is 5. The average molecular weight is 296 g/mol. The number of carbonyl (C=O) groups is 1. The van der Waals surface area contributed by atoms with Gasteiger partial charge in [-0.25, -0.2) is 10.2 Å². The monoisotopic (exact) mass is 296 g/mol. The van der Waals surface area contributed by atoms with Crippen LogP contribution in [0.1, 0.15) is 0 Å². The summed E-state index contributed by atoms with van der Waals surface area (Å²) in [5.41, 5.74) is 2.77. The Labute approximate surface area is 123 Å². The summed E-state index contributed by atoms with van der Waals surface area (Å²) in [6.45, 7) is 2.88. The molecule has 116 valence electrons. The minimum atomic E-state index is -0.414. The Morgan fingerprint density at radius 2 is 2.05 bits per heavy atom. The maximum absolute atomic E-state index is 13.8. The van der Waals surface area contributed by atoms with E-state index in [2.05, 4.69) is 5.43 Å². The number of para-hydroxylation sites is 1. The van der Waals surface area contributed by atoms with Crippen molar-refractivity contribution in [3.8, 4) is 0 Å². The van der Waals surface area contributed by atoms with Gasteiger partial charge in [0, 0.05) is 33.3 Å². The number of nitrogens with zero attached hydrogens (tertiary/aromatic N) is 2. The molecule has 0 aliphatic carbocycles. The number of halogens is 1. The zero-order valence-electron chi connectivity index (χ0n) is 12.1. The molecule has 7 heteroatoms. The smallest absolute Gasteiger partial charge is 0.253 e. The largest absolute Gasteiger partial charge is 0.383 e. The molecule has 3 N–H and O–H groups in total. The van der Waals surface area contributed by atoms with Gasteiger partial charge in [-0.1, -0.05) is 12.1 Å². The molecule has 1 fully saturated rings. The number of carbonyl (C=O) groups excluding carboxylic acids is 1. The van der Waals surface area contributed by atoms with Crippen molar-refractivity contribution < 1.29 is 13.9 Å². The lowest BCUT2D eigenvalue weighted by atomic mass is 10.2. The van der Waals surface area contributed by atoms with Gasteiger partial charge in [-0.15, -0.1) is 0 Å². The van der Waals surface area contributed by atoms with Gasteiger partial charge in [-0.3, -0.25) is 15.1 Å². The van der Waals surface area contributed by atoms with Crippen LogP contribution in [0.15, 0.2) is 24.3 Å². The van der Waals surface area contributed by atoms with Crippen LogP contribution in [0.5, 0.6) is 0 Å². The summed E-state index contributed by atoms with van der Waals surface area (Å²) in [4.78, 5) is 15.8. The van der Waals surface area contributed by atoms with Crippen molar-refractivity contribution in [2.75, 3.05) is 44.8 Å². The minimum Gasteiger partial charge on any atom is -0.383 e. The summed E-state index contributed by atoms with van der Waals surface area (Å²) >= 11 is 0. The number of nitrogens with two attached hydrogens (primary N) is 1. The number of anilines is 1. The summed E-state index contributed by atoms with van der Waals surface area (Å²) in [7, 11) is 1.55. The molecule has 1 aliphatic rings. The van der Waals surface area contributed by atoms with E-state index in [0.717, 1.165) is 0 Å². The van der Waals surface area contributed by atoms with Gasteiger partial charge in [0.15, 0.2) is 0 Å². The molecule has 6 nitrogen and oxygen atoms in total. The normalized spacial score (nSPS) is 17.6. The van der Waals surface area contributed by atoms with Gasteiger partial charge in [0.2, 0.25) is 0 Å². The molecule has 0 aromatic heterocycles. The van der Waals surface area contributed by atoms with Crippen LogP contribution >= 0.6 is 0 Å². The molecule has 1 heterocycles. The first-order valence-corrected chi connectivity index (χ1v) is 6.90. The Hall–Kier alpha value is -1.70. The second kappa shape index (κ2) is 7.35. The van der Waals surface area contributed by atoms with Crippen molar-refractivity contribution >= 4 is 11.6 Å². The van der Waals surface area contributed by atoms with Crippen LogP contribution < -0.4 is 16.2 Å². The van der Waals surface area contributed by atoms with Gasteiger partial charge in [-0.2, -0.15) is 0 Å². The van der Waals surface area contributed by atoms with Crippen molar-refractivity contribution in [2.24, 2.45) is 5.84 Å². The van der Waals surface area contributed by atoms with Gasteiger partial charge in [0.05, 0.1) is 12.3 Å². The molecule has 1 saturated heterocycles. The van der Waals surface area contributed by atoms with E-state index in [1.807, 2.05) is 15.9 Å². The fraction of sp³-hybridized carbons (Fsp3) is 0.500. The highest BCUT2D eigenvalue weighted by Crippen LogP contribution is 2.20. The standard InChI is InChI=1S/C14H21FN4O2/c1-21-10-13(14(20)17-16)19-8-6-18(7-9-19)12-5-3-2-4-11(12)15/h2-5,13H,6-10,16H2,1H3,(H,17,20). The lowest BCUT2D eigenvalue weighted by Crippen LogP contribution is -2.57. The number of hydrogen-bond acceptors (Lipinski definition) is 5. The maximum atomic E-state index is 13.8. The second-order valence-electron chi connectivity index (χ2n) is 4.95. The van der Waals surface area contributed by atoms with Crippen molar-refractivity contribution in [1.82, 2.24) is 10.3 Å². The predicted octanol–water partition coefficient (Wildman–Crippen LogP) is -0.0474. The van der Waals surface area contributed by atoms with Crippen LogP contribution in [0.2, 0.25) is 0 Å². The summed E-state index contributed by atoms with van der Waals surface area (Å²) in [6, 6.07) is 6.31. The highest BCUT2D eigenvalue weighted by Gasteiger charge is 2.29. The summed E-state index contributed by atoms with van der Waals surface area (Å²) < 4.78 is 18.9. The number of nitrogens with one attached hydrogen (secondary N) is 1. The van der Waals surface area contributed by atoms with Crippen molar-refractivity contribution in [3.63, 3.8) is 0 Å². The highest BCUT2D eigenvalue weighted by atomic mass is 19.1. The Bertz CT molecular complexity index is 478. The zero-order valence-corrected chi connectivity index (χ0v) is 12.1. The van der Waals surface area contributed by atoms with E-state index in [1.54, 1.807) is 19.2 Å². The van der Waals surface area contributed by atoms with E-state index in [1.165, 1.54) is 6.07 Å². The number of ether oxygens (including phenoxy) is 1. The Kier molecular flexibility index (Phi) is 5.49. The van der Waals surface area contributed by atoms with E-state index < -0.39 is 6.04 Å². The molecule has 1 atom stereocenters. The van der Waals surface area contributed by atoms with Crippen molar-refractivity contribution in [3.05, 3.63) is 30.1 Å². The summed E-state index contributed by atoms with van der Waals surface area (Å²) in [6.07, 6.45) is 0. The molecule has 0 radical (unpaired) electrons. The first-order chi connectivity index (χ1) is 10.2. The average Bonchev–Trinajstić information content (AvgIpc) is 2.53. The van der Waals surface area contributed by atoms with Crippen LogP contribution in [0.3, 0.4) is 0 Å². The predicted molar refractivity (Wildman–Crippen MR) is 78.2 cm³/mol. The number of piperazine rings is 1. The number of amides is 1. The number of methoxy groups -OCH3 is 1. The quantitative estimate of drug-likeness (QED) is 0.453. The summed E-state index contributed by atoms with van der Waals surface area (Å²) in [5.74, 6) is 4.72. The first-order valence-electron chi connectivity index (χ1n) is 6.90. The molecule has 1 aliphatic heterocycles. The fourth-order valence-electron chi connectivity index (χ4n) is 2.58. The molecule has 21 heavy (non-hydrogen) atoms. The molecule has 1 unspecified atom stereocenters. The van der Waals surface area contributed by atoms with Crippen LogP contribution in [-0.4, -0.2) is 56.7 Å². The number of hydrogen-bond donors (Lipinski definition) is 2. The maximum Gasteiger partial charge on any atom is 0.253 e. The third-order valence-electron chi connectivity index (χ3n) is 3.72. The second-order valence-corrected chi connectivity index (χ2v) is 4.95. The molecule has 2 rings (SSSR count). The van der Waals surface area contributed by atoms with Gasteiger partial charge >= 0.3 is 0 Å². The molecule has 1 aromatic carbocycles. The minimum absolute atomic E-state index is 0.223. The molecule has 1 amide bonds. The zero-order chi connectivity index (χ0) is 15.2. The number of benzene rings is 1.